The van der Waals surface area contributed by atoms with Gasteiger partial charge >= 0.3 is 0 Å². The summed E-state index contributed by atoms with van der Waals surface area (Å²) in [5.74, 6) is -0.0352. The smallest absolute Gasteiger partial charge is 0.224 e. The fourth-order valence-corrected chi connectivity index (χ4v) is 3.27. The average Bonchev–Trinajstić information content (AvgIpc) is 2.61. The molecule has 0 aliphatic carbocycles. The number of benzene rings is 2. The first-order chi connectivity index (χ1) is 11.7. The summed E-state index contributed by atoms with van der Waals surface area (Å²) >= 11 is 0. The molecule has 24 heavy (non-hydrogen) atoms. The van der Waals surface area contributed by atoms with Gasteiger partial charge in [-0.05, 0) is 48.2 Å². The van der Waals surface area contributed by atoms with E-state index in [1.165, 1.54) is 22.3 Å². The Hall–Kier alpha value is -2.17. The number of hydrogen-bond donors (Lipinski definition) is 2. The molecule has 0 bridgehead atoms. The molecule has 126 valence electrons. The Kier molecular flexibility index (Phi) is 5.28. The monoisotopic (exact) mass is 324 g/mol. The van der Waals surface area contributed by atoms with E-state index in [1.807, 2.05) is 12.1 Å². The van der Waals surface area contributed by atoms with Crippen molar-refractivity contribution >= 4 is 11.6 Å². The number of rotatable bonds is 5. The second-order valence-electron chi connectivity index (χ2n) is 6.35. The van der Waals surface area contributed by atoms with Gasteiger partial charge in [0.05, 0.1) is 0 Å². The van der Waals surface area contributed by atoms with E-state index in [2.05, 4.69) is 47.6 Å². The molecule has 0 radical (unpaired) electrons. The fraction of sp³-hybridized carbons (Fsp3) is 0.350. The number of anilines is 1. The van der Waals surface area contributed by atoms with Gasteiger partial charge in [0.25, 0.3) is 0 Å². The topological polar surface area (TPSA) is 52.6 Å². The van der Waals surface area contributed by atoms with E-state index >= 15 is 0 Å². The first-order valence-electron chi connectivity index (χ1n) is 8.48. The van der Waals surface area contributed by atoms with Crippen LogP contribution in [0, 0.1) is 0 Å². The number of hydrogen-bond acceptors (Lipinski definition) is 3. The molecule has 4 heteroatoms. The molecule has 4 nitrogen and oxygen atoms in total. The van der Waals surface area contributed by atoms with Crippen molar-refractivity contribution in [3.05, 3.63) is 53.6 Å². The molecule has 0 aromatic heterocycles. The number of nitrogens with one attached hydrogen (secondary N) is 1. The minimum Gasteiger partial charge on any atom is -0.396 e. The van der Waals surface area contributed by atoms with Crippen molar-refractivity contribution in [1.82, 2.24) is 4.90 Å². The SMILES string of the molecule is CN1CCc2c(-c3ccccc3)ccc(NC(=O)CCCO)c2C1. The zero-order valence-electron chi connectivity index (χ0n) is 14.1. The van der Waals surface area contributed by atoms with Crippen molar-refractivity contribution in [3.63, 3.8) is 0 Å². The number of aliphatic hydroxyl groups excluding tert-OH is 1. The van der Waals surface area contributed by atoms with Gasteiger partial charge in [-0.3, -0.25) is 4.79 Å². The highest BCUT2D eigenvalue weighted by Gasteiger charge is 2.21. The van der Waals surface area contributed by atoms with E-state index in [1.54, 1.807) is 0 Å². The van der Waals surface area contributed by atoms with Crippen LogP contribution in [-0.2, 0) is 17.8 Å². The van der Waals surface area contributed by atoms with E-state index in [0.29, 0.717) is 12.8 Å². The Bertz CT molecular complexity index is 713. The highest BCUT2D eigenvalue weighted by atomic mass is 16.3. The van der Waals surface area contributed by atoms with Crippen LogP contribution in [0.5, 0.6) is 0 Å². The highest BCUT2D eigenvalue weighted by Crippen LogP contribution is 2.34. The lowest BCUT2D eigenvalue weighted by atomic mass is 9.89. The molecule has 0 spiro atoms. The van der Waals surface area contributed by atoms with E-state index < -0.39 is 0 Å². The Morgan fingerprint density at radius 2 is 1.96 bits per heavy atom. The third kappa shape index (κ3) is 3.66. The lowest BCUT2D eigenvalue weighted by Crippen LogP contribution is -2.28. The number of aliphatic hydroxyl groups is 1. The molecular formula is C20H24N2O2. The second-order valence-corrected chi connectivity index (χ2v) is 6.35. The summed E-state index contributed by atoms with van der Waals surface area (Å²) in [6.07, 6.45) is 1.83. The van der Waals surface area contributed by atoms with E-state index in [9.17, 15) is 4.79 Å². The van der Waals surface area contributed by atoms with Crippen molar-refractivity contribution in [2.45, 2.75) is 25.8 Å². The largest absolute Gasteiger partial charge is 0.396 e. The van der Waals surface area contributed by atoms with Crippen molar-refractivity contribution < 1.29 is 9.90 Å². The van der Waals surface area contributed by atoms with Crippen LogP contribution in [0.4, 0.5) is 5.69 Å². The average molecular weight is 324 g/mol. The van der Waals surface area contributed by atoms with Crippen LogP contribution in [0.3, 0.4) is 0 Å². The van der Waals surface area contributed by atoms with Crippen LogP contribution in [0.15, 0.2) is 42.5 Å². The number of amides is 1. The standard InChI is InChI=1S/C20H24N2O2/c1-22-12-11-17-16(15-6-3-2-4-7-15)9-10-19(18(17)14-22)21-20(24)8-5-13-23/h2-4,6-7,9-10,23H,5,8,11-14H2,1H3,(H,21,24). The van der Waals surface area contributed by atoms with Crippen LogP contribution in [0.25, 0.3) is 11.1 Å². The molecule has 2 N–H and O–H groups in total. The summed E-state index contributed by atoms with van der Waals surface area (Å²) in [6, 6.07) is 14.5. The van der Waals surface area contributed by atoms with Gasteiger partial charge in [0, 0.05) is 31.8 Å². The zero-order valence-corrected chi connectivity index (χ0v) is 14.1. The summed E-state index contributed by atoms with van der Waals surface area (Å²) in [4.78, 5) is 14.3. The third-order valence-electron chi connectivity index (χ3n) is 4.52. The molecule has 2 aromatic carbocycles. The molecular weight excluding hydrogens is 300 g/mol. The van der Waals surface area contributed by atoms with Gasteiger partial charge in [-0.15, -0.1) is 0 Å². The summed E-state index contributed by atoms with van der Waals surface area (Å²) in [5.41, 5.74) is 5.92. The van der Waals surface area contributed by atoms with E-state index in [0.717, 1.165) is 25.2 Å². The van der Waals surface area contributed by atoms with Gasteiger partial charge in [-0.25, -0.2) is 0 Å². The summed E-state index contributed by atoms with van der Waals surface area (Å²) < 4.78 is 0. The van der Waals surface area contributed by atoms with Gasteiger partial charge < -0.3 is 15.3 Å². The van der Waals surface area contributed by atoms with Crippen molar-refractivity contribution in [2.24, 2.45) is 0 Å². The molecule has 2 aromatic rings. The Balaban J connectivity index is 1.95. The maximum atomic E-state index is 12.1. The summed E-state index contributed by atoms with van der Waals surface area (Å²) in [6.45, 7) is 1.90. The predicted octanol–water partition coefficient (Wildman–Crippen LogP) is 3.05. The first kappa shape index (κ1) is 16.7. The number of likely N-dealkylation sites (N-methyl/N-ethyl adjacent to an activating group) is 1. The minimum absolute atomic E-state index is 0.0352. The molecule has 3 rings (SSSR count). The maximum absolute atomic E-state index is 12.1. The number of fused-ring (bicyclic) bond motifs is 1. The number of carbonyl (C=O) groups is 1. The van der Waals surface area contributed by atoms with E-state index in [-0.39, 0.29) is 12.5 Å². The molecule has 1 aliphatic heterocycles. The second kappa shape index (κ2) is 7.60. The zero-order chi connectivity index (χ0) is 16.9. The maximum Gasteiger partial charge on any atom is 0.224 e. The van der Waals surface area contributed by atoms with Gasteiger partial charge in [0.15, 0.2) is 0 Å². The molecule has 0 fully saturated rings. The Morgan fingerprint density at radius 3 is 2.71 bits per heavy atom. The normalized spacial score (nSPS) is 14.2. The molecule has 1 aliphatic rings. The summed E-state index contributed by atoms with van der Waals surface area (Å²) in [5, 5.41) is 11.9. The fourth-order valence-electron chi connectivity index (χ4n) is 3.27. The lowest BCUT2D eigenvalue weighted by Gasteiger charge is -2.29. The highest BCUT2D eigenvalue weighted by molar-refractivity contribution is 5.92. The van der Waals surface area contributed by atoms with Gasteiger partial charge in [0.2, 0.25) is 5.91 Å². The predicted molar refractivity (Wildman–Crippen MR) is 96.9 cm³/mol. The van der Waals surface area contributed by atoms with Crippen LogP contribution in [-0.4, -0.2) is 36.1 Å². The number of nitrogens with zero attached hydrogens (tertiary/aromatic N) is 1. The van der Waals surface area contributed by atoms with Crippen LogP contribution < -0.4 is 5.32 Å². The molecule has 1 amide bonds. The van der Waals surface area contributed by atoms with Crippen molar-refractivity contribution in [3.8, 4) is 11.1 Å². The van der Waals surface area contributed by atoms with Crippen LogP contribution in [0.2, 0.25) is 0 Å². The third-order valence-corrected chi connectivity index (χ3v) is 4.52. The molecule has 0 atom stereocenters. The van der Waals surface area contributed by atoms with Gasteiger partial charge in [0.1, 0.15) is 0 Å². The van der Waals surface area contributed by atoms with Crippen molar-refractivity contribution in [2.75, 3.05) is 25.5 Å². The lowest BCUT2D eigenvalue weighted by molar-refractivity contribution is -0.116. The molecule has 0 unspecified atom stereocenters. The minimum atomic E-state index is -0.0352. The molecule has 0 saturated carbocycles. The van der Waals surface area contributed by atoms with Gasteiger partial charge in [-0.1, -0.05) is 36.4 Å². The molecule has 0 saturated heterocycles. The Labute approximate surface area is 143 Å². The van der Waals surface area contributed by atoms with E-state index in [4.69, 9.17) is 5.11 Å². The van der Waals surface area contributed by atoms with Gasteiger partial charge in [-0.2, -0.15) is 0 Å². The summed E-state index contributed by atoms with van der Waals surface area (Å²) in [7, 11) is 2.11. The van der Waals surface area contributed by atoms with Crippen LogP contribution in [0.1, 0.15) is 24.0 Å². The quantitative estimate of drug-likeness (QED) is 0.889. The van der Waals surface area contributed by atoms with Crippen molar-refractivity contribution in [1.29, 1.82) is 0 Å². The first-order valence-corrected chi connectivity index (χ1v) is 8.48. The van der Waals surface area contributed by atoms with Crippen LogP contribution >= 0.6 is 0 Å². The molecule has 1 heterocycles. The number of carbonyl (C=O) groups excluding carboxylic acids is 1. The Morgan fingerprint density at radius 1 is 1.17 bits per heavy atom.